The molecule has 0 N–H and O–H groups in total. The number of nitrogens with zero attached hydrogens (tertiary/aromatic N) is 2. The molecular formula is C22H19F5N2. The van der Waals surface area contributed by atoms with Crippen molar-refractivity contribution in [3.63, 3.8) is 0 Å². The maximum Gasteiger partial charge on any atom is 0.416 e. The molecule has 0 radical (unpaired) electrons. The third-order valence-electron chi connectivity index (χ3n) is 5.25. The second-order valence-corrected chi connectivity index (χ2v) is 7.22. The largest absolute Gasteiger partial charge is 0.416 e. The van der Waals surface area contributed by atoms with E-state index in [0.29, 0.717) is 17.7 Å². The third kappa shape index (κ3) is 4.05. The maximum atomic E-state index is 14.7. The van der Waals surface area contributed by atoms with Crippen molar-refractivity contribution in [1.29, 1.82) is 0 Å². The van der Waals surface area contributed by atoms with E-state index in [4.69, 9.17) is 0 Å². The van der Waals surface area contributed by atoms with Crippen molar-refractivity contribution < 1.29 is 22.0 Å². The number of aryl methyl sites for hydroxylation is 1. The van der Waals surface area contributed by atoms with Gasteiger partial charge in [0.25, 0.3) is 0 Å². The molecule has 0 spiro atoms. The first-order valence-electron chi connectivity index (χ1n) is 9.33. The van der Waals surface area contributed by atoms with Crippen molar-refractivity contribution in [3.05, 3.63) is 94.8 Å². The normalized spacial score (nSPS) is 17.8. The van der Waals surface area contributed by atoms with Crippen LogP contribution in [0.15, 0.2) is 60.8 Å². The van der Waals surface area contributed by atoms with Gasteiger partial charge in [-0.25, -0.2) is 8.78 Å². The molecule has 1 aliphatic heterocycles. The van der Waals surface area contributed by atoms with Crippen molar-refractivity contribution >= 4 is 0 Å². The quantitative estimate of drug-likeness (QED) is 0.501. The third-order valence-corrected chi connectivity index (χ3v) is 5.25. The highest BCUT2D eigenvalue weighted by atomic mass is 19.4. The van der Waals surface area contributed by atoms with E-state index in [1.807, 2.05) is 27.8 Å². The lowest BCUT2D eigenvalue weighted by Crippen LogP contribution is -2.30. The molecule has 29 heavy (non-hydrogen) atoms. The van der Waals surface area contributed by atoms with Gasteiger partial charge >= 0.3 is 6.18 Å². The molecule has 2 heterocycles. The van der Waals surface area contributed by atoms with E-state index < -0.39 is 29.4 Å². The molecule has 0 aliphatic carbocycles. The minimum Gasteiger partial charge on any atom is -0.350 e. The van der Waals surface area contributed by atoms with Crippen LogP contribution in [0.3, 0.4) is 0 Å². The molecule has 2 nitrogen and oxygen atoms in total. The lowest BCUT2D eigenvalue weighted by molar-refractivity contribution is -0.137. The van der Waals surface area contributed by atoms with Gasteiger partial charge in [0.2, 0.25) is 0 Å². The number of hydrogen-bond donors (Lipinski definition) is 0. The van der Waals surface area contributed by atoms with Crippen LogP contribution in [0.2, 0.25) is 0 Å². The van der Waals surface area contributed by atoms with Crippen molar-refractivity contribution in [2.45, 2.75) is 31.7 Å². The summed E-state index contributed by atoms with van der Waals surface area (Å²) in [7, 11) is 0. The SMILES string of the molecule is Fc1ccc(C2c3cccn3CCCN2Cc2cccc(C(F)(F)F)c2)c(F)c1. The monoisotopic (exact) mass is 406 g/mol. The smallest absolute Gasteiger partial charge is 0.350 e. The minimum atomic E-state index is -4.42. The summed E-state index contributed by atoms with van der Waals surface area (Å²) in [6.07, 6.45) is -1.76. The highest BCUT2D eigenvalue weighted by Gasteiger charge is 2.32. The summed E-state index contributed by atoms with van der Waals surface area (Å²) in [5.41, 5.74) is 0.922. The van der Waals surface area contributed by atoms with Crippen LogP contribution in [0.5, 0.6) is 0 Å². The number of benzene rings is 2. The fraction of sp³-hybridized carbons (Fsp3) is 0.273. The summed E-state index contributed by atoms with van der Waals surface area (Å²) in [6, 6.07) is 11.9. The first kappa shape index (κ1) is 19.6. The number of hydrogen-bond acceptors (Lipinski definition) is 1. The number of rotatable bonds is 3. The van der Waals surface area contributed by atoms with Gasteiger partial charge in [0, 0.05) is 43.2 Å². The van der Waals surface area contributed by atoms with Gasteiger partial charge in [-0.3, -0.25) is 4.90 Å². The number of fused-ring (bicyclic) bond motifs is 1. The summed E-state index contributed by atoms with van der Waals surface area (Å²) in [4.78, 5) is 1.95. The molecule has 0 bridgehead atoms. The van der Waals surface area contributed by atoms with Crippen LogP contribution in [-0.2, 0) is 19.3 Å². The summed E-state index contributed by atoms with van der Waals surface area (Å²) < 4.78 is 69.4. The van der Waals surface area contributed by atoms with E-state index in [1.165, 1.54) is 18.2 Å². The Morgan fingerprint density at radius 2 is 1.76 bits per heavy atom. The molecule has 1 aromatic heterocycles. The molecule has 4 rings (SSSR count). The predicted octanol–water partition coefficient (Wildman–Crippen LogP) is 5.78. The van der Waals surface area contributed by atoms with Crippen LogP contribution < -0.4 is 0 Å². The minimum absolute atomic E-state index is 0.219. The molecule has 1 atom stereocenters. The summed E-state index contributed by atoms with van der Waals surface area (Å²) in [5.74, 6) is -1.33. The lowest BCUT2D eigenvalue weighted by Gasteiger charge is -2.31. The van der Waals surface area contributed by atoms with E-state index in [9.17, 15) is 22.0 Å². The highest BCUT2D eigenvalue weighted by Crippen LogP contribution is 2.35. The topological polar surface area (TPSA) is 8.17 Å². The molecule has 152 valence electrons. The Morgan fingerprint density at radius 3 is 2.52 bits per heavy atom. The first-order valence-corrected chi connectivity index (χ1v) is 9.33. The number of alkyl halides is 3. The number of aromatic nitrogens is 1. The van der Waals surface area contributed by atoms with Gasteiger partial charge in [-0.2, -0.15) is 13.2 Å². The number of halogens is 5. The molecule has 1 aliphatic rings. The zero-order valence-electron chi connectivity index (χ0n) is 15.5. The Hall–Kier alpha value is -2.67. The van der Waals surface area contributed by atoms with Crippen molar-refractivity contribution in [2.75, 3.05) is 6.54 Å². The highest BCUT2D eigenvalue weighted by molar-refractivity contribution is 5.32. The van der Waals surface area contributed by atoms with Crippen molar-refractivity contribution in [3.8, 4) is 0 Å². The van der Waals surface area contributed by atoms with Gasteiger partial charge in [0.05, 0.1) is 11.6 Å². The molecule has 0 saturated heterocycles. The molecule has 0 saturated carbocycles. The molecular weight excluding hydrogens is 387 g/mol. The van der Waals surface area contributed by atoms with Gasteiger partial charge in [-0.15, -0.1) is 0 Å². The standard InChI is InChI=1S/C22H19F5N2/c23-17-7-8-18(19(24)13-17)21-20-6-2-9-28(20)10-3-11-29(21)14-15-4-1-5-16(12-15)22(25,26)27/h1-2,4-9,12-13,21H,3,10-11,14H2. The maximum absolute atomic E-state index is 14.7. The van der Waals surface area contributed by atoms with Gasteiger partial charge in [0.1, 0.15) is 11.6 Å². The fourth-order valence-corrected chi connectivity index (χ4v) is 3.97. The molecule has 1 unspecified atom stereocenters. The molecule has 0 fully saturated rings. The molecule has 3 aromatic rings. The van der Waals surface area contributed by atoms with Crippen molar-refractivity contribution in [1.82, 2.24) is 9.47 Å². The van der Waals surface area contributed by atoms with E-state index in [2.05, 4.69) is 0 Å². The second kappa shape index (κ2) is 7.63. The van der Waals surface area contributed by atoms with Crippen LogP contribution in [0.4, 0.5) is 22.0 Å². The lowest BCUT2D eigenvalue weighted by atomic mass is 10.00. The predicted molar refractivity (Wildman–Crippen MR) is 99.1 cm³/mol. The van der Waals surface area contributed by atoms with Crippen LogP contribution in [-0.4, -0.2) is 16.0 Å². The summed E-state index contributed by atoms with van der Waals surface area (Å²) in [5, 5.41) is 0. The molecule has 0 amide bonds. The fourth-order valence-electron chi connectivity index (χ4n) is 3.97. The second-order valence-electron chi connectivity index (χ2n) is 7.22. The summed E-state index contributed by atoms with van der Waals surface area (Å²) in [6.45, 7) is 1.51. The van der Waals surface area contributed by atoms with E-state index in [0.717, 1.165) is 36.9 Å². The van der Waals surface area contributed by atoms with Gasteiger partial charge in [0.15, 0.2) is 0 Å². The van der Waals surface area contributed by atoms with Gasteiger partial charge in [-0.1, -0.05) is 24.3 Å². The Kier molecular flexibility index (Phi) is 5.17. The van der Waals surface area contributed by atoms with Crippen LogP contribution in [0, 0.1) is 11.6 Å². The summed E-state index contributed by atoms with van der Waals surface area (Å²) >= 11 is 0. The van der Waals surface area contributed by atoms with Crippen LogP contribution in [0.25, 0.3) is 0 Å². The zero-order valence-corrected chi connectivity index (χ0v) is 15.5. The molecule has 7 heteroatoms. The van der Waals surface area contributed by atoms with E-state index >= 15 is 0 Å². The van der Waals surface area contributed by atoms with E-state index in [-0.39, 0.29) is 6.54 Å². The Morgan fingerprint density at radius 1 is 0.931 bits per heavy atom. The molecule has 2 aromatic carbocycles. The Bertz CT molecular complexity index is 1010. The average molecular weight is 406 g/mol. The average Bonchev–Trinajstić information content (AvgIpc) is 3.05. The van der Waals surface area contributed by atoms with Gasteiger partial charge in [-0.05, 0) is 36.2 Å². The van der Waals surface area contributed by atoms with Gasteiger partial charge < -0.3 is 4.57 Å². The Balaban J connectivity index is 1.75. The Labute approximate surface area is 165 Å². The first-order chi connectivity index (χ1) is 13.8. The van der Waals surface area contributed by atoms with Crippen molar-refractivity contribution in [2.24, 2.45) is 0 Å². The van der Waals surface area contributed by atoms with E-state index in [1.54, 1.807) is 6.07 Å². The van der Waals surface area contributed by atoms with Crippen LogP contribution in [0.1, 0.15) is 34.8 Å². The zero-order chi connectivity index (χ0) is 20.6. The van der Waals surface area contributed by atoms with Crippen LogP contribution >= 0.6 is 0 Å².